The summed E-state index contributed by atoms with van der Waals surface area (Å²) < 4.78 is 0. The molecule has 19 heavy (non-hydrogen) atoms. The van der Waals surface area contributed by atoms with Gasteiger partial charge in [-0.15, -0.1) is 0 Å². The van der Waals surface area contributed by atoms with Crippen LogP contribution in [0, 0.1) is 23.7 Å². The van der Waals surface area contributed by atoms with Crippen molar-refractivity contribution in [1.82, 2.24) is 4.90 Å². The van der Waals surface area contributed by atoms with Gasteiger partial charge in [-0.05, 0) is 31.1 Å². The van der Waals surface area contributed by atoms with E-state index >= 15 is 0 Å². The minimum absolute atomic E-state index is 0.0101. The molecule has 0 aromatic heterocycles. The molecule has 0 aromatic rings. The fourth-order valence-electron chi connectivity index (χ4n) is 3.98. The predicted molar refractivity (Wildman–Crippen MR) is 67.8 cm³/mol. The zero-order valence-corrected chi connectivity index (χ0v) is 11.1. The first kappa shape index (κ1) is 12.7. The molecule has 4 atom stereocenters. The molecule has 2 aliphatic carbocycles. The number of fused-ring (bicyclic) bond motifs is 2. The SMILES string of the molecule is O=C([O-])[C@@H]1[C@H](C(=O)N2CCCCCC2)[C@@H]2C=C[C@@H]1C2. The summed E-state index contributed by atoms with van der Waals surface area (Å²) >= 11 is 0. The molecular weight excluding hydrogens is 242 g/mol. The summed E-state index contributed by atoms with van der Waals surface area (Å²) in [5.41, 5.74) is 0. The van der Waals surface area contributed by atoms with Gasteiger partial charge in [0.2, 0.25) is 5.91 Å². The van der Waals surface area contributed by atoms with Crippen molar-refractivity contribution < 1.29 is 14.7 Å². The number of rotatable bonds is 2. The minimum atomic E-state index is -1.05. The Morgan fingerprint density at radius 3 is 2.11 bits per heavy atom. The van der Waals surface area contributed by atoms with Gasteiger partial charge < -0.3 is 14.8 Å². The lowest BCUT2D eigenvalue weighted by Gasteiger charge is -2.32. The number of carboxylic acid groups (broad SMARTS) is 1. The molecule has 4 heteroatoms. The van der Waals surface area contributed by atoms with Crippen LogP contribution in [-0.4, -0.2) is 29.9 Å². The second kappa shape index (κ2) is 4.99. The number of allylic oxidation sites excluding steroid dienone is 2. The molecular formula is C15H20NO3-. The quantitative estimate of drug-likeness (QED) is 0.684. The summed E-state index contributed by atoms with van der Waals surface area (Å²) in [5, 5.41) is 11.3. The average Bonchev–Trinajstić information content (AvgIpc) is 2.89. The molecule has 1 aliphatic heterocycles. The summed E-state index contributed by atoms with van der Waals surface area (Å²) in [6.07, 6.45) is 9.22. The van der Waals surface area contributed by atoms with Gasteiger partial charge in [-0.2, -0.15) is 0 Å². The number of carboxylic acids is 1. The van der Waals surface area contributed by atoms with Crippen LogP contribution in [0.3, 0.4) is 0 Å². The first-order valence-electron chi connectivity index (χ1n) is 7.36. The van der Waals surface area contributed by atoms with Gasteiger partial charge in [-0.25, -0.2) is 0 Å². The second-order valence-electron chi connectivity index (χ2n) is 6.06. The van der Waals surface area contributed by atoms with Crippen molar-refractivity contribution in [2.45, 2.75) is 32.1 Å². The molecule has 0 radical (unpaired) electrons. The van der Waals surface area contributed by atoms with E-state index in [0.717, 1.165) is 32.4 Å². The van der Waals surface area contributed by atoms with Gasteiger partial charge in [0, 0.05) is 25.0 Å². The predicted octanol–water partition coefficient (Wildman–Crippen LogP) is 0.577. The number of hydrogen-bond acceptors (Lipinski definition) is 3. The maximum Gasteiger partial charge on any atom is 0.226 e. The Morgan fingerprint density at radius 1 is 0.947 bits per heavy atom. The number of amides is 1. The van der Waals surface area contributed by atoms with E-state index in [2.05, 4.69) is 0 Å². The van der Waals surface area contributed by atoms with E-state index in [1.165, 1.54) is 12.8 Å². The Labute approximate surface area is 113 Å². The second-order valence-corrected chi connectivity index (χ2v) is 6.06. The van der Waals surface area contributed by atoms with Gasteiger partial charge in [0.25, 0.3) is 0 Å². The fourth-order valence-corrected chi connectivity index (χ4v) is 3.98. The van der Waals surface area contributed by atoms with Gasteiger partial charge >= 0.3 is 0 Å². The molecule has 0 aromatic carbocycles. The van der Waals surface area contributed by atoms with Crippen molar-refractivity contribution in [1.29, 1.82) is 0 Å². The topological polar surface area (TPSA) is 60.4 Å². The van der Waals surface area contributed by atoms with Crippen LogP contribution in [0.4, 0.5) is 0 Å². The van der Waals surface area contributed by atoms with Crippen LogP contribution in [0.1, 0.15) is 32.1 Å². The van der Waals surface area contributed by atoms with Gasteiger partial charge in [-0.3, -0.25) is 4.79 Å². The van der Waals surface area contributed by atoms with E-state index in [9.17, 15) is 14.7 Å². The van der Waals surface area contributed by atoms with Crippen molar-refractivity contribution in [2.75, 3.05) is 13.1 Å². The summed E-state index contributed by atoms with van der Waals surface area (Å²) in [7, 11) is 0. The molecule has 1 saturated heterocycles. The Bertz CT molecular complexity index is 410. The van der Waals surface area contributed by atoms with E-state index in [-0.39, 0.29) is 23.7 Å². The summed E-state index contributed by atoms with van der Waals surface area (Å²) in [4.78, 5) is 25.9. The highest BCUT2D eigenvalue weighted by Crippen LogP contribution is 2.48. The standard InChI is InChI=1S/C15H21NO3/c17-14(16-7-3-1-2-4-8-16)12-10-5-6-11(9-10)13(12)15(18)19/h5-6,10-13H,1-4,7-9H2,(H,18,19)/p-1/t10-,11-,12-,13+/m1/s1. The average molecular weight is 262 g/mol. The lowest BCUT2D eigenvalue weighted by atomic mass is 9.82. The van der Waals surface area contributed by atoms with E-state index in [0.29, 0.717) is 0 Å². The molecule has 0 spiro atoms. The summed E-state index contributed by atoms with van der Waals surface area (Å²) in [5.74, 6) is -1.86. The van der Waals surface area contributed by atoms with Crippen LogP contribution in [0.15, 0.2) is 12.2 Å². The van der Waals surface area contributed by atoms with E-state index in [1.807, 2.05) is 17.1 Å². The molecule has 104 valence electrons. The van der Waals surface area contributed by atoms with Gasteiger partial charge in [-0.1, -0.05) is 25.0 Å². The third kappa shape index (κ3) is 2.17. The highest BCUT2D eigenvalue weighted by Gasteiger charge is 2.49. The number of carbonyl (C=O) groups excluding carboxylic acids is 2. The Hall–Kier alpha value is -1.32. The Morgan fingerprint density at radius 2 is 1.53 bits per heavy atom. The van der Waals surface area contributed by atoms with Gasteiger partial charge in [0.05, 0.1) is 5.92 Å². The minimum Gasteiger partial charge on any atom is -0.550 e. The largest absolute Gasteiger partial charge is 0.550 e. The normalized spacial score (nSPS) is 37.4. The smallest absolute Gasteiger partial charge is 0.226 e. The molecule has 3 rings (SSSR count). The van der Waals surface area contributed by atoms with Crippen molar-refractivity contribution in [3.05, 3.63) is 12.2 Å². The third-order valence-electron chi connectivity index (χ3n) is 4.93. The van der Waals surface area contributed by atoms with E-state index in [1.54, 1.807) is 0 Å². The van der Waals surface area contributed by atoms with Crippen molar-refractivity contribution in [3.8, 4) is 0 Å². The molecule has 3 aliphatic rings. The Kier molecular flexibility index (Phi) is 3.33. The molecule has 0 unspecified atom stereocenters. The van der Waals surface area contributed by atoms with Crippen LogP contribution in [0.25, 0.3) is 0 Å². The molecule has 2 bridgehead atoms. The van der Waals surface area contributed by atoms with Gasteiger partial charge in [0.15, 0.2) is 0 Å². The monoisotopic (exact) mass is 262 g/mol. The first-order chi connectivity index (χ1) is 9.18. The summed E-state index contributed by atoms with van der Waals surface area (Å²) in [6.45, 7) is 1.58. The number of likely N-dealkylation sites (tertiary alicyclic amines) is 1. The molecule has 1 saturated carbocycles. The number of nitrogens with zero attached hydrogens (tertiary/aromatic N) is 1. The van der Waals surface area contributed by atoms with Crippen molar-refractivity contribution in [3.63, 3.8) is 0 Å². The molecule has 0 N–H and O–H groups in total. The zero-order chi connectivity index (χ0) is 13.4. The van der Waals surface area contributed by atoms with Crippen LogP contribution in [-0.2, 0) is 9.59 Å². The Balaban J connectivity index is 1.78. The maximum absolute atomic E-state index is 12.7. The van der Waals surface area contributed by atoms with Gasteiger partial charge in [0.1, 0.15) is 0 Å². The maximum atomic E-state index is 12.7. The molecule has 1 heterocycles. The number of hydrogen-bond donors (Lipinski definition) is 0. The third-order valence-corrected chi connectivity index (χ3v) is 4.93. The number of carbonyl (C=O) groups is 2. The van der Waals surface area contributed by atoms with Crippen LogP contribution >= 0.6 is 0 Å². The fraction of sp³-hybridized carbons (Fsp3) is 0.733. The molecule has 4 nitrogen and oxygen atoms in total. The van der Waals surface area contributed by atoms with Crippen LogP contribution in [0.5, 0.6) is 0 Å². The lowest BCUT2D eigenvalue weighted by Crippen LogP contribution is -2.46. The van der Waals surface area contributed by atoms with E-state index < -0.39 is 11.9 Å². The first-order valence-corrected chi connectivity index (χ1v) is 7.36. The van der Waals surface area contributed by atoms with Crippen molar-refractivity contribution in [2.24, 2.45) is 23.7 Å². The molecule has 2 fully saturated rings. The lowest BCUT2D eigenvalue weighted by molar-refractivity contribution is -0.313. The highest BCUT2D eigenvalue weighted by molar-refractivity contribution is 5.86. The zero-order valence-electron chi connectivity index (χ0n) is 11.1. The summed E-state index contributed by atoms with van der Waals surface area (Å²) in [6, 6.07) is 0. The highest BCUT2D eigenvalue weighted by atomic mass is 16.4. The number of aliphatic carboxylic acids is 1. The van der Waals surface area contributed by atoms with Crippen molar-refractivity contribution >= 4 is 11.9 Å². The van der Waals surface area contributed by atoms with Crippen LogP contribution in [0.2, 0.25) is 0 Å². The molecule has 1 amide bonds. The van der Waals surface area contributed by atoms with Crippen LogP contribution < -0.4 is 5.11 Å². The van der Waals surface area contributed by atoms with E-state index in [4.69, 9.17) is 0 Å².